The summed E-state index contributed by atoms with van der Waals surface area (Å²) in [6.07, 6.45) is 1.93. The molecule has 1 aliphatic rings. The largest absolute Gasteiger partial charge is 0.377 e. The van der Waals surface area contributed by atoms with E-state index in [-0.39, 0.29) is 11.5 Å². The summed E-state index contributed by atoms with van der Waals surface area (Å²) in [4.78, 5) is 0.401. The van der Waals surface area contributed by atoms with E-state index in [0.717, 1.165) is 36.1 Å². The molecular formula is C17H27NO3S. The molecule has 0 amide bonds. The predicted octanol–water partition coefficient (Wildman–Crippen LogP) is 3.06. The minimum atomic E-state index is -3.50. The third-order valence-electron chi connectivity index (χ3n) is 4.12. The fraction of sp³-hybridized carbons (Fsp3) is 0.647. The molecule has 1 N–H and O–H groups in total. The van der Waals surface area contributed by atoms with Crippen LogP contribution >= 0.6 is 0 Å². The van der Waals surface area contributed by atoms with E-state index >= 15 is 0 Å². The van der Waals surface area contributed by atoms with Crippen molar-refractivity contribution in [3.63, 3.8) is 0 Å². The lowest BCUT2D eigenvalue weighted by Crippen LogP contribution is -2.32. The molecule has 4 nitrogen and oxygen atoms in total. The van der Waals surface area contributed by atoms with Crippen molar-refractivity contribution in [1.29, 1.82) is 0 Å². The smallest absolute Gasteiger partial charge is 0.241 e. The number of rotatable bonds is 4. The van der Waals surface area contributed by atoms with Gasteiger partial charge in [-0.25, -0.2) is 13.1 Å². The first-order chi connectivity index (χ1) is 10.1. The van der Waals surface area contributed by atoms with E-state index in [2.05, 4.69) is 25.5 Å². The second-order valence-corrected chi connectivity index (χ2v) is 8.88. The molecule has 0 saturated carbocycles. The summed E-state index contributed by atoms with van der Waals surface area (Å²) in [6.45, 7) is 11.2. The highest BCUT2D eigenvalue weighted by Gasteiger charge is 2.25. The van der Waals surface area contributed by atoms with Crippen LogP contribution in [-0.4, -0.2) is 27.7 Å². The van der Waals surface area contributed by atoms with Crippen molar-refractivity contribution in [2.45, 2.75) is 63.9 Å². The molecule has 1 saturated heterocycles. The van der Waals surface area contributed by atoms with E-state index in [0.29, 0.717) is 11.4 Å². The number of sulfonamides is 1. The van der Waals surface area contributed by atoms with Gasteiger partial charge in [0.15, 0.2) is 0 Å². The molecule has 1 fully saturated rings. The highest BCUT2D eigenvalue weighted by atomic mass is 32.2. The van der Waals surface area contributed by atoms with E-state index in [9.17, 15) is 8.42 Å². The third-order valence-corrected chi connectivity index (χ3v) is 5.85. The Hall–Kier alpha value is -0.910. The van der Waals surface area contributed by atoms with Gasteiger partial charge in [0.25, 0.3) is 0 Å². The Morgan fingerprint density at radius 2 is 1.82 bits per heavy atom. The lowest BCUT2D eigenvalue weighted by Gasteiger charge is -2.22. The van der Waals surface area contributed by atoms with Crippen molar-refractivity contribution in [2.24, 2.45) is 0 Å². The number of hydrogen-bond acceptors (Lipinski definition) is 3. The predicted molar refractivity (Wildman–Crippen MR) is 88.8 cm³/mol. The van der Waals surface area contributed by atoms with Crippen LogP contribution in [0.3, 0.4) is 0 Å². The van der Waals surface area contributed by atoms with Gasteiger partial charge in [-0.1, -0.05) is 32.9 Å². The Morgan fingerprint density at radius 1 is 1.23 bits per heavy atom. The molecule has 0 radical (unpaired) electrons. The van der Waals surface area contributed by atoms with Crippen LogP contribution < -0.4 is 4.72 Å². The van der Waals surface area contributed by atoms with Crippen LogP contribution in [0, 0.1) is 13.8 Å². The Balaban J connectivity index is 2.26. The molecule has 0 spiro atoms. The van der Waals surface area contributed by atoms with Crippen LogP contribution in [-0.2, 0) is 20.2 Å². The maximum atomic E-state index is 12.6. The molecule has 124 valence electrons. The number of ether oxygens (including phenoxy) is 1. The molecule has 0 aliphatic carbocycles. The van der Waals surface area contributed by atoms with Crippen LogP contribution in [0.2, 0.25) is 0 Å². The molecule has 0 bridgehead atoms. The van der Waals surface area contributed by atoms with Crippen molar-refractivity contribution in [1.82, 2.24) is 4.72 Å². The molecule has 0 aromatic heterocycles. The van der Waals surface area contributed by atoms with Gasteiger partial charge in [-0.15, -0.1) is 0 Å². The highest BCUT2D eigenvalue weighted by molar-refractivity contribution is 7.89. The molecule has 2 rings (SSSR count). The second-order valence-electron chi connectivity index (χ2n) is 7.18. The van der Waals surface area contributed by atoms with Gasteiger partial charge in [-0.3, -0.25) is 0 Å². The molecule has 1 aromatic carbocycles. The molecule has 1 aliphatic heterocycles. The zero-order valence-corrected chi connectivity index (χ0v) is 15.0. The van der Waals surface area contributed by atoms with E-state index in [4.69, 9.17) is 4.74 Å². The monoisotopic (exact) mass is 325 g/mol. The first-order valence-electron chi connectivity index (χ1n) is 7.84. The van der Waals surface area contributed by atoms with Crippen LogP contribution in [0.4, 0.5) is 0 Å². The third kappa shape index (κ3) is 3.89. The first-order valence-corrected chi connectivity index (χ1v) is 9.32. The Bertz CT molecular complexity index is 615. The molecule has 1 atom stereocenters. The maximum Gasteiger partial charge on any atom is 0.241 e. The quantitative estimate of drug-likeness (QED) is 0.925. The number of aryl methyl sites for hydroxylation is 2. The van der Waals surface area contributed by atoms with Crippen LogP contribution in [0.5, 0.6) is 0 Å². The van der Waals surface area contributed by atoms with Crippen LogP contribution in [0.1, 0.15) is 50.3 Å². The van der Waals surface area contributed by atoms with Crippen LogP contribution in [0.25, 0.3) is 0 Å². The number of benzene rings is 1. The van der Waals surface area contributed by atoms with Gasteiger partial charge in [-0.2, -0.15) is 0 Å². The topological polar surface area (TPSA) is 55.4 Å². The first kappa shape index (κ1) is 17.4. The van der Waals surface area contributed by atoms with E-state index < -0.39 is 10.0 Å². The lowest BCUT2D eigenvalue weighted by molar-refractivity contribution is 0.114. The maximum absolute atomic E-state index is 12.6. The summed E-state index contributed by atoms with van der Waals surface area (Å²) in [6, 6.07) is 3.96. The minimum absolute atomic E-state index is 0.00290. The van der Waals surface area contributed by atoms with Crippen molar-refractivity contribution < 1.29 is 13.2 Å². The van der Waals surface area contributed by atoms with Crippen molar-refractivity contribution in [3.8, 4) is 0 Å². The fourth-order valence-corrected chi connectivity index (χ4v) is 4.40. The summed E-state index contributed by atoms with van der Waals surface area (Å²) in [5.41, 5.74) is 2.75. The van der Waals surface area contributed by atoms with Gasteiger partial charge in [0.2, 0.25) is 10.0 Å². The summed E-state index contributed by atoms with van der Waals surface area (Å²) < 4.78 is 33.4. The van der Waals surface area contributed by atoms with E-state index in [1.807, 2.05) is 26.0 Å². The average Bonchev–Trinajstić information content (AvgIpc) is 2.87. The second kappa shape index (κ2) is 6.30. The molecule has 22 heavy (non-hydrogen) atoms. The van der Waals surface area contributed by atoms with Crippen molar-refractivity contribution >= 4 is 10.0 Å². The van der Waals surface area contributed by atoms with E-state index in [1.54, 1.807) is 0 Å². The molecule has 5 heteroatoms. The lowest BCUT2D eigenvalue weighted by atomic mass is 9.85. The number of hydrogen-bond donors (Lipinski definition) is 1. The SMILES string of the molecule is Cc1cc(C(C)(C)C)cc(C)c1S(=O)(=O)NCC1CCCO1. The molecular weight excluding hydrogens is 298 g/mol. The van der Waals surface area contributed by atoms with Gasteiger partial charge < -0.3 is 4.74 Å². The summed E-state index contributed by atoms with van der Waals surface area (Å²) in [7, 11) is -3.50. The standard InChI is InChI=1S/C17H27NO3S/c1-12-9-14(17(3,4)5)10-13(2)16(12)22(19,20)18-11-15-7-6-8-21-15/h9-10,15,18H,6-8,11H2,1-5H3. The highest BCUT2D eigenvalue weighted by Crippen LogP contribution is 2.29. The van der Waals surface area contributed by atoms with Crippen LogP contribution in [0.15, 0.2) is 17.0 Å². The normalized spacial score (nSPS) is 19.6. The zero-order valence-electron chi connectivity index (χ0n) is 14.2. The van der Waals surface area contributed by atoms with Gasteiger partial charge >= 0.3 is 0 Å². The minimum Gasteiger partial charge on any atom is -0.377 e. The van der Waals surface area contributed by atoms with Gasteiger partial charge in [0.1, 0.15) is 0 Å². The average molecular weight is 325 g/mol. The van der Waals surface area contributed by atoms with Gasteiger partial charge in [-0.05, 0) is 48.8 Å². The van der Waals surface area contributed by atoms with E-state index in [1.165, 1.54) is 0 Å². The summed E-state index contributed by atoms with van der Waals surface area (Å²) in [5, 5.41) is 0. The Kier molecular flexibility index (Phi) is 5.00. The number of nitrogens with one attached hydrogen (secondary N) is 1. The summed E-state index contributed by atoms with van der Waals surface area (Å²) >= 11 is 0. The fourth-order valence-electron chi connectivity index (χ4n) is 2.89. The molecule has 1 aromatic rings. The van der Waals surface area contributed by atoms with Crippen molar-refractivity contribution in [2.75, 3.05) is 13.2 Å². The Labute approximate surface area is 134 Å². The summed E-state index contributed by atoms with van der Waals surface area (Å²) in [5.74, 6) is 0. The van der Waals surface area contributed by atoms with Gasteiger partial charge in [0, 0.05) is 13.2 Å². The van der Waals surface area contributed by atoms with Crippen molar-refractivity contribution in [3.05, 3.63) is 28.8 Å². The van der Waals surface area contributed by atoms with Gasteiger partial charge in [0.05, 0.1) is 11.0 Å². The molecule has 1 unspecified atom stereocenters. The molecule has 1 heterocycles. The zero-order chi connectivity index (χ0) is 16.5. The Morgan fingerprint density at radius 3 is 2.27 bits per heavy atom.